The molecule has 4 aromatic heterocycles. The zero-order valence-electron chi connectivity index (χ0n) is 48.4. The lowest BCUT2D eigenvalue weighted by Gasteiger charge is -2.10. The molecule has 0 bridgehead atoms. The van der Waals surface area contributed by atoms with Gasteiger partial charge in [0.25, 0.3) is 0 Å². The Morgan fingerprint density at radius 2 is 0.512 bits per heavy atom. The standard InChI is InChI=1S/C26H28N8.C20H21N5.C18H19N5/c1-15-13-23(33-25-29-17(3)27-18(4)30-25)11-9-21(15)7-8-22-10-12-24(14-16(22)2)34-26-31-19(5)28-20(6)32-26;1-4-8-16-11-12-18(13-14(16)2)24-20-22-15(3)21-19(25-20)23-17-9-6-5-7-10-17;1-12-9-10-16(11-13(12)2)22-18-20-14(3)19-17(23-18)21-15-7-5-4-6-8-15/h7-14H,1-6H3,(H,27,29,30,33)(H,28,31,32,34);4-13H,1-3H3,(H2,21,22,23,24,25);4-11H,1-3H3,(H2,19,20,21,22,23)/b8-7+;8-4+;. The molecular formula is C64H68N18. The Hall–Kier alpha value is -10.4. The molecule has 18 heteroatoms. The minimum absolute atomic E-state index is 0.517. The molecule has 0 aliphatic heterocycles. The summed E-state index contributed by atoms with van der Waals surface area (Å²) in [6.45, 7) is 23.6. The van der Waals surface area contributed by atoms with Crippen LogP contribution in [0.3, 0.4) is 0 Å². The van der Waals surface area contributed by atoms with Gasteiger partial charge in [-0.15, -0.1) is 0 Å². The third kappa shape index (κ3) is 17.3. The van der Waals surface area contributed by atoms with Crippen molar-refractivity contribution in [2.45, 2.75) is 83.1 Å². The molecule has 4 heterocycles. The molecule has 6 aromatic carbocycles. The average molecular weight is 1090 g/mol. The molecule has 414 valence electrons. The molecular weight excluding hydrogens is 1020 g/mol. The van der Waals surface area contributed by atoms with E-state index in [2.05, 4.69) is 193 Å². The van der Waals surface area contributed by atoms with Crippen LogP contribution >= 0.6 is 0 Å². The minimum Gasteiger partial charge on any atom is -0.324 e. The van der Waals surface area contributed by atoms with Crippen molar-refractivity contribution in [3.8, 4) is 0 Å². The number of rotatable bonds is 15. The number of nitrogens with zero attached hydrogens (tertiary/aromatic N) is 12. The summed E-state index contributed by atoms with van der Waals surface area (Å²) < 4.78 is 0. The first-order chi connectivity index (χ1) is 39.5. The maximum absolute atomic E-state index is 4.45. The van der Waals surface area contributed by atoms with Gasteiger partial charge in [0.15, 0.2) is 0 Å². The molecule has 0 unspecified atom stereocenters. The lowest BCUT2D eigenvalue weighted by Crippen LogP contribution is -2.05. The first kappa shape index (κ1) is 57.8. The van der Waals surface area contributed by atoms with Gasteiger partial charge in [0.05, 0.1) is 0 Å². The monoisotopic (exact) mass is 1090 g/mol. The molecule has 0 saturated carbocycles. The van der Waals surface area contributed by atoms with E-state index in [9.17, 15) is 0 Å². The Labute approximate surface area is 479 Å². The summed E-state index contributed by atoms with van der Waals surface area (Å²) >= 11 is 0. The highest BCUT2D eigenvalue weighted by atomic mass is 15.2. The van der Waals surface area contributed by atoms with Crippen LogP contribution in [-0.4, -0.2) is 59.8 Å². The van der Waals surface area contributed by atoms with Crippen LogP contribution in [0.25, 0.3) is 18.2 Å². The van der Waals surface area contributed by atoms with Crippen molar-refractivity contribution in [2.24, 2.45) is 0 Å². The number of para-hydroxylation sites is 2. The van der Waals surface area contributed by atoms with Gasteiger partial charge in [-0.05, 0) is 200 Å². The van der Waals surface area contributed by atoms with E-state index in [1.54, 1.807) is 0 Å². The van der Waals surface area contributed by atoms with E-state index >= 15 is 0 Å². The summed E-state index contributed by atoms with van der Waals surface area (Å²) in [6, 6.07) is 44.4. The second-order valence-electron chi connectivity index (χ2n) is 19.4. The maximum atomic E-state index is 4.45. The lowest BCUT2D eigenvalue weighted by atomic mass is 10.0. The van der Waals surface area contributed by atoms with Gasteiger partial charge >= 0.3 is 0 Å². The highest BCUT2D eigenvalue weighted by Gasteiger charge is 2.10. The summed E-state index contributed by atoms with van der Waals surface area (Å²) in [6.07, 6.45) is 8.38. The van der Waals surface area contributed by atoms with Crippen molar-refractivity contribution >= 4 is 88.0 Å². The normalized spacial score (nSPS) is 10.8. The van der Waals surface area contributed by atoms with E-state index in [1.165, 1.54) is 22.3 Å². The lowest BCUT2D eigenvalue weighted by molar-refractivity contribution is 0.927. The van der Waals surface area contributed by atoms with Crippen LogP contribution in [0, 0.1) is 76.2 Å². The van der Waals surface area contributed by atoms with E-state index in [1.807, 2.05) is 139 Å². The van der Waals surface area contributed by atoms with Crippen molar-refractivity contribution < 1.29 is 0 Å². The molecule has 0 fully saturated rings. The molecule has 0 atom stereocenters. The molecule has 0 radical (unpaired) electrons. The van der Waals surface area contributed by atoms with Crippen molar-refractivity contribution in [3.63, 3.8) is 0 Å². The molecule has 0 amide bonds. The summed E-state index contributed by atoms with van der Waals surface area (Å²) in [7, 11) is 0. The van der Waals surface area contributed by atoms with Gasteiger partial charge in [-0.3, -0.25) is 0 Å². The zero-order valence-corrected chi connectivity index (χ0v) is 48.4. The van der Waals surface area contributed by atoms with Crippen LogP contribution in [0.1, 0.15) is 86.4 Å². The van der Waals surface area contributed by atoms with Gasteiger partial charge in [-0.2, -0.15) is 49.8 Å². The number of hydrogen-bond donors (Lipinski definition) is 6. The fraction of sp³-hybridized carbons (Fsp3) is 0.188. The first-order valence-corrected chi connectivity index (χ1v) is 26.8. The fourth-order valence-corrected chi connectivity index (χ4v) is 8.35. The number of aromatic nitrogens is 12. The third-order valence-electron chi connectivity index (χ3n) is 12.4. The van der Waals surface area contributed by atoms with E-state index in [-0.39, 0.29) is 0 Å². The zero-order chi connectivity index (χ0) is 58.1. The van der Waals surface area contributed by atoms with E-state index in [0.29, 0.717) is 70.6 Å². The highest BCUT2D eigenvalue weighted by molar-refractivity contribution is 5.75. The molecule has 10 rings (SSSR count). The largest absolute Gasteiger partial charge is 0.324 e. The van der Waals surface area contributed by atoms with Crippen LogP contribution in [-0.2, 0) is 0 Å². The topological polar surface area (TPSA) is 227 Å². The summed E-state index contributed by atoms with van der Waals surface area (Å²) in [4.78, 5) is 52.1. The Kier molecular flexibility index (Phi) is 19.4. The second-order valence-corrected chi connectivity index (χ2v) is 19.4. The molecule has 10 aromatic rings. The number of anilines is 12. The minimum atomic E-state index is 0.517. The Balaban J connectivity index is 0.000000165. The Morgan fingerprint density at radius 1 is 0.244 bits per heavy atom. The summed E-state index contributed by atoms with van der Waals surface area (Å²) in [5, 5.41) is 19.4. The van der Waals surface area contributed by atoms with Crippen LogP contribution in [0.15, 0.2) is 140 Å². The predicted molar refractivity (Wildman–Crippen MR) is 333 cm³/mol. The van der Waals surface area contributed by atoms with Crippen LogP contribution in [0.5, 0.6) is 0 Å². The summed E-state index contributed by atoms with van der Waals surface area (Å²) in [5.41, 5.74) is 15.1. The number of hydrogen-bond acceptors (Lipinski definition) is 18. The average Bonchev–Trinajstić information content (AvgIpc) is 3.50. The van der Waals surface area contributed by atoms with Crippen molar-refractivity contribution in [2.75, 3.05) is 31.9 Å². The number of allylic oxidation sites excluding steroid dienone is 1. The quantitative estimate of drug-likeness (QED) is 0.0525. The molecule has 0 spiro atoms. The Morgan fingerprint density at radius 3 is 0.817 bits per heavy atom. The van der Waals surface area contributed by atoms with Gasteiger partial charge in [0.2, 0.25) is 35.7 Å². The van der Waals surface area contributed by atoms with Gasteiger partial charge < -0.3 is 31.9 Å². The number of nitrogens with one attached hydrogen (secondary N) is 6. The highest BCUT2D eigenvalue weighted by Crippen LogP contribution is 2.25. The molecule has 82 heavy (non-hydrogen) atoms. The van der Waals surface area contributed by atoms with E-state index in [0.717, 1.165) is 56.4 Å². The summed E-state index contributed by atoms with van der Waals surface area (Å²) in [5.74, 6) is 7.29. The van der Waals surface area contributed by atoms with Crippen LogP contribution in [0.2, 0.25) is 0 Å². The number of aryl methyl sites for hydroxylation is 11. The molecule has 0 aliphatic carbocycles. The maximum Gasteiger partial charge on any atom is 0.232 e. The van der Waals surface area contributed by atoms with E-state index < -0.39 is 0 Å². The molecule has 0 saturated heterocycles. The fourth-order valence-electron chi connectivity index (χ4n) is 8.35. The van der Waals surface area contributed by atoms with Crippen molar-refractivity contribution in [3.05, 3.63) is 219 Å². The molecule has 6 N–H and O–H groups in total. The van der Waals surface area contributed by atoms with Crippen LogP contribution < -0.4 is 31.9 Å². The smallest absolute Gasteiger partial charge is 0.232 e. The van der Waals surface area contributed by atoms with Gasteiger partial charge in [0, 0.05) is 34.1 Å². The third-order valence-corrected chi connectivity index (χ3v) is 12.4. The Bertz CT molecular complexity index is 3720. The SMILES string of the molecule is C/C=C/c1ccc(Nc2nc(C)nc(Nc3ccccc3)n2)cc1C.Cc1nc(C)nc(Nc2ccc(/C=C/c3ccc(Nc4nc(C)nc(C)n4)cc3C)c(C)c2)n1.Cc1nc(Nc2ccccc2)nc(Nc2ccc(C)c(C)c2)n1. The van der Waals surface area contributed by atoms with Gasteiger partial charge in [0.1, 0.15) is 34.9 Å². The number of benzene rings is 6. The predicted octanol–water partition coefficient (Wildman–Crippen LogP) is 14.9. The molecule has 18 nitrogen and oxygen atoms in total. The van der Waals surface area contributed by atoms with Gasteiger partial charge in [-0.1, -0.05) is 85.0 Å². The molecule has 0 aliphatic rings. The van der Waals surface area contributed by atoms with Gasteiger partial charge in [-0.25, -0.2) is 9.97 Å². The van der Waals surface area contributed by atoms with Crippen molar-refractivity contribution in [1.82, 2.24) is 59.8 Å². The second kappa shape index (κ2) is 27.5. The van der Waals surface area contributed by atoms with Crippen molar-refractivity contribution in [1.29, 1.82) is 0 Å². The van der Waals surface area contributed by atoms with E-state index in [4.69, 9.17) is 0 Å². The first-order valence-electron chi connectivity index (χ1n) is 26.8. The van der Waals surface area contributed by atoms with Crippen LogP contribution in [0.4, 0.5) is 69.8 Å².